The Bertz CT molecular complexity index is 534. The number of rotatable bonds is 1. The van der Waals surface area contributed by atoms with Gasteiger partial charge in [-0.1, -0.05) is 24.3 Å². The molecule has 1 aromatic carbocycles. The SMILES string of the molecule is N#CCC12CCC=CC1=Nc1ccccc12. The summed E-state index contributed by atoms with van der Waals surface area (Å²) < 4.78 is 0. The average molecular weight is 208 g/mol. The van der Waals surface area contributed by atoms with Gasteiger partial charge < -0.3 is 0 Å². The zero-order valence-electron chi connectivity index (χ0n) is 8.98. The number of aliphatic imine (C=N–C) groups is 1. The Morgan fingerprint density at radius 2 is 2.25 bits per heavy atom. The quantitative estimate of drug-likeness (QED) is 0.697. The molecular weight excluding hydrogens is 196 g/mol. The van der Waals surface area contributed by atoms with Crippen LogP contribution in [0.3, 0.4) is 0 Å². The van der Waals surface area contributed by atoms with E-state index in [0.717, 1.165) is 24.2 Å². The van der Waals surface area contributed by atoms with Crippen LogP contribution in [0.2, 0.25) is 0 Å². The summed E-state index contributed by atoms with van der Waals surface area (Å²) in [7, 11) is 0. The molecule has 1 atom stereocenters. The van der Waals surface area contributed by atoms with E-state index in [1.807, 2.05) is 18.2 Å². The molecule has 0 saturated carbocycles. The van der Waals surface area contributed by atoms with Crippen LogP contribution in [0.1, 0.15) is 24.8 Å². The van der Waals surface area contributed by atoms with E-state index in [2.05, 4.69) is 29.3 Å². The second-order valence-corrected chi connectivity index (χ2v) is 4.37. The molecule has 0 fully saturated rings. The van der Waals surface area contributed by atoms with Crippen molar-refractivity contribution in [3.63, 3.8) is 0 Å². The normalized spacial score (nSPS) is 25.6. The fraction of sp³-hybridized carbons (Fsp3) is 0.286. The molecule has 1 aliphatic heterocycles. The second kappa shape index (κ2) is 3.31. The number of hydrogen-bond acceptors (Lipinski definition) is 2. The van der Waals surface area contributed by atoms with Crippen LogP contribution in [-0.4, -0.2) is 5.71 Å². The lowest BCUT2D eigenvalue weighted by Gasteiger charge is -2.30. The Morgan fingerprint density at radius 3 is 3.12 bits per heavy atom. The van der Waals surface area contributed by atoms with Crippen molar-refractivity contribution in [2.75, 3.05) is 0 Å². The lowest BCUT2D eigenvalue weighted by molar-refractivity contribution is 0.546. The minimum atomic E-state index is -0.125. The number of nitriles is 1. The van der Waals surface area contributed by atoms with Crippen molar-refractivity contribution in [2.45, 2.75) is 24.7 Å². The van der Waals surface area contributed by atoms with Crippen molar-refractivity contribution < 1.29 is 0 Å². The van der Waals surface area contributed by atoms with Crippen molar-refractivity contribution >= 4 is 11.4 Å². The van der Waals surface area contributed by atoms with Gasteiger partial charge in [-0.2, -0.15) is 5.26 Å². The van der Waals surface area contributed by atoms with Crippen molar-refractivity contribution in [2.24, 2.45) is 4.99 Å². The number of allylic oxidation sites excluding steroid dienone is 2. The molecule has 16 heavy (non-hydrogen) atoms. The summed E-state index contributed by atoms with van der Waals surface area (Å²) in [6.45, 7) is 0. The highest BCUT2D eigenvalue weighted by molar-refractivity contribution is 6.09. The highest BCUT2D eigenvalue weighted by Crippen LogP contribution is 2.47. The van der Waals surface area contributed by atoms with Crippen LogP contribution in [0.5, 0.6) is 0 Å². The predicted octanol–water partition coefficient (Wildman–Crippen LogP) is 3.27. The molecule has 78 valence electrons. The van der Waals surface area contributed by atoms with Gasteiger partial charge in [0.05, 0.1) is 29.3 Å². The molecule has 1 aliphatic carbocycles. The molecule has 3 rings (SSSR count). The Kier molecular flexibility index (Phi) is 1.94. The van der Waals surface area contributed by atoms with E-state index in [1.165, 1.54) is 5.56 Å². The fourth-order valence-corrected chi connectivity index (χ4v) is 2.74. The van der Waals surface area contributed by atoms with E-state index in [4.69, 9.17) is 5.26 Å². The molecule has 1 heterocycles. The van der Waals surface area contributed by atoms with Crippen molar-refractivity contribution in [1.82, 2.24) is 0 Å². The van der Waals surface area contributed by atoms with Crippen LogP contribution in [0.15, 0.2) is 41.4 Å². The Labute approximate surface area is 94.9 Å². The van der Waals surface area contributed by atoms with E-state index >= 15 is 0 Å². The van der Waals surface area contributed by atoms with E-state index < -0.39 is 0 Å². The molecule has 1 aromatic rings. The third kappa shape index (κ3) is 1.09. The first kappa shape index (κ1) is 9.35. The van der Waals surface area contributed by atoms with Gasteiger partial charge in [-0.3, -0.25) is 4.99 Å². The number of nitrogens with zero attached hydrogens (tertiary/aromatic N) is 2. The van der Waals surface area contributed by atoms with Gasteiger partial charge in [0.15, 0.2) is 0 Å². The molecule has 0 radical (unpaired) electrons. The smallest absolute Gasteiger partial charge is 0.0675 e. The summed E-state index contributed by atoms with van der Waals surface area (Å²) in [6, 6.07) is 10.5. The van der Waals surface area contributed by atoms with Gasteiger partial charge in [-0.05, 0) is 30.5 Å². The summed E-state index contributed by atoms with van der Waals surface area (Å²) in [5.41, 5.74) is 3.22. The van der Waals surface area contributed by atoms with E-state index in [-0.39, 0.29) is 5.41 Å². The van der Waals surface area contributed by atoms with Gasteiger partial charge >= 0.3 is 0 Å². The molecule has 0 amide bonds. The van der Waals surface area contributed by atoms with Gasteiger partial charge in [0.25, 0.3) is 0 Å². The Balaban J connectivity index is 2.22. The number of fused-ring (bicyclic) bond motifs is 3. The topological polar surface area (TPSA) is 36.1 Å². The van der Waals surface area contributed by atoms with Crippen molar-refractivity contribution in [1.29, 1.82) is 5.26 Å². The molecule has 2 heteroatoms. The van der Waals surface area contributed by atoms with Crippen molar-refractivity contribution in [3.05, 3.63) is 42.0 Å². The molecule has 0 spiro atoms. The molecule has 2 nitrogen and oxygen atoms in total. The molecular formula is C14H12N2. The fourth-order valence-electron chi connectivity index (χ4n) is 2.74. The van der Waals surface area contributed by atoms with E-state index in [1.54, 1.807) is 0 Å². The third-order valence-corrected chi connectivity index (χ3v) is 3.55. The van der Waals surface area contributed by atoms with Crippen LogP contribution in [-0.2, 0) is 5.41 Å². The Morgan fingerprint density at radius 1 is 1.38 bits per heavy atom. The summed E-state index contributed by atoms with van der Waals surface area (Å²) in [5, 5.41) is 9.06. The maximum absolute atomic E-state index is 9.06. The maximum atomic E-state index is 9.06. The summed E-state index contributed by atoms with van der Waals surface area (Å²) >= 11 is 0. The predicted molar refractivity (Wildman–Crippen MR) is 63.8 cm³/mol. The summed E-state index contributed by atoms with van der Waals surface area (Å²) in [4.78, 5) is 4.64. The lowest BCUT2D eigenvalue weighted by Crippen LogP contribution is -2.33. The highest BCUT2D eigenvalue weighted by Gasteiger charge is 2.42. The van der Waals surface area contributed by atoms with Crippen LogP contribution < -0.4 is 0 Å². The minimum Gasteiger partial charge on any atom is -0.252 e. The van der Waals surface area contributed by atoms with Crippen LogP contribution in [0.4, 0.5) is 5.69 Å². The lowest BCUT2D eigenvalue weighted by atomic mass is 9.70. The molecule has 1 unspecified atom stereocenters. The maximum Gasteiger partial charge on any atom is 0.0675 e. The zero-order chi connectivity index (χ0) is 11.0. The van der Waals surface area contributed by atoms with E-state index in [9.17, 15) is 0 Å². The molecule has 0 aromatic heterocycles. The standard InChI is InChI=1S/C14H12N2/c15-10-9-14-8-4-3-7-13(14)16-12-6-2-1-5-11(12)14/h1-3,5-7H,4,8-9H2. The number of benzene rings is 1. The third-order valence-electron chi connectivity index (χ3n) is 3.55. The average Bonchev–Trinajstić information content (AvgIpc) is 2.64. The van der Waals surface area contributed by atoms with Gasteiger partial charge in [0.2, 0.25) is 0 Å². The zero-order valence-corrected chi connectivity index (χ0v) is 8.98. The molecule has 2 aliphatic rings. The van der Waals surface area contributed by atoms with Crippen LogP contribution >= 0.6 is 0 Å². The first-order valence-electron chi connectivity index (χ1n) is 5.59. The molecule has 0 N–H and O–H groups in total. The van der Waals surface area contributed by atoms with Gasteiger partial charge in [0.1, 0.15) is 0 Å². The monoisotopic (exact) mass is 208 g/mol. The van der Waals surface area contributed by atoms with E-state index in [0.29, 0.717) is 6.42 Å². The van der Waals surface area contributed by atoms with Gasteiger partial charge in [-0.25, -0.2) is 0 Å². The largest absolute Gasteiger partial charge is 0.252 e. The first-order valence-corrected chi connectivity index (χ1v) is 5.59. The van der Waals surface area contributed by atoms with Crippen LogP contribution in [0.25, 0.3) is 0 Å². The summed E-state index contributed by atoms with van der Waals surface area (Å²) in [5.74, 6) is 0. The summed E-state index contributed by atoms with van der Waals surface area (Å²) in [6.07, 6.45) is 6.82. The van der Waals surface area contributed by atoms with Crippen molar-refractivity contribution in [3.8, 4) is 6.07 Å². The number of hydrogen-bond donors (Lipinski definition) is 0. The molecule has 0 bridgehead atoms. The Hall–Kier alpha value is -1.88. The second-order valence-electron chi connectivity index (χ2n) is 4.37. The molecule has 0 saturated heterocycles. The first-order chi connectivity index (χ1) is 7.87. The van der Waals surface area contributed by atoms with Gasteiger partial charge in [-0.15, -0.1) is 0 Å². The van der Waals surface area contributed by atoms with Gasteiger partial charge in [0, 0.05) is 0 Å². The minimum absolute atomic E-state index is 0.125. The van der Waals surface area contributed by atoms with Crippen LogP contribution in [0, 0.1) is 11.3 Å². The number of para-hydroxylation sites is 1. The highest BCUT2D eigenvalue weighted by atomic mass is 14.8.